The molecule has 1 aromatic rings. The first-order chi connectivity index (χ1) is 7.08. The second-order valence-electron chi connectivity index (χ2n) is 2.53. The molecule has 0 amide bonds. The van der Waals surface area contributed by atoms with Gasteiger partial charge in [-0.05, 0) is 12.1 Å². The molecule has 1 rings (SSSR count). The maximum Gasteiger partial charge on any atom is 0.387 e. The number of hydrogen-bond donors (Lipinski definition) is 0. The van der Waals surface area contributed by atoms with Gasteiger partial charge in [-0.2, -0.15) is 8.78 Å². The molecule has 0 fully saturated rings. The van der Waals surface area contributed by atoms with Gasteiger partial charge in [0.15, 0.2) is 24.1 Å². The van der Waals surface area contributed by atoms with E-state index in [2.05, 4.69) is 4.74 Å². The van der Waals surface area contributed by atoms with Gasteiger partial charge >= 0.3 is 6.61 Å². The molecule has 6 heteroatoms. The maximum atomic E-state index is 13.0. The number of aldehydes is 2. The third kappa shape index (κ3) is 2.55. The molecule has 80 valence electrons. The van der Waals surface area contributed by atoms with Gasteiger partial charge in [-0.25, -0.2) is 4.39 Å². The van der Waals surface area contributed by atoms with Crippen LogP contribution in [0.2, 0.25) is 0 Å². The molecule has 0 aromatic heterocycles. The van der Waals surface area contributed by atoms with Crippen molar-refractivity contribution in [2.45, 2.75) is 6.61 Å². The van der Waals surface area contributed by atoms with Gasteiger partial charge in [-0.1, -0.05) is 0 Å². The Morgan fingerprint density at radius 3 is 2.13 bits per heavy atom. The number of halogens is 3. The number of alkyl halides is 2. The molecule has 0 aliphatic rings. The van der Waals surface area contributed by atoms with Crippen LogP contribution in [-0.4, -0.2) is 19.2 Å². The molecule has 0 saturated carbocycles. The minimum atomic E-state index is -3.19. The van der Waals surface area contributed by atoms with E-state index in [9.17, 15) is 22.8 Å². The Morgan fingerprint density at radius 1 is 1.13 bits per heavy atom. The predicted octanol–water partition coefficient (Wildman–Crippen LogP) is 2.05. The lowest BCUT2D eigenvalue weighted by atomic mass is 10.1. The molecule has 0 aliphatic heterocycles. The molecular weight excluding hydrogens is 213 g/mol. The van der Waals surface area contributed by atoms with E-state index in [0.29, 0.717) is 6.07 Å². The second-order valence-corrected chi connectivity index (χ2v) is 2.53. The van der Waals surface area contributed by atoms with Gasteiger partial charge in [-0.3, -0.25) is 9.59 Å². The van der Waals surface area contributed by atoms with E-state index in [0.717, 1.165) is 6.07 Å². The normalized spacial score (nSPS) is 10.1. The van der Waals surface area contributed by atoms with Crippen LogP contribution < -0.4 is 4.74 Å². The van der Waals surface area contributed by atoms with Gasteiger partial charge in [0, 0.05) is 11.1 Å². The van der Waals surface area contributed by atoms with E-state index in [1.54, 1.807) is 0 Å². The highest BCUT2D eigenvalue weighted by Crippen LogP contribution is 2.22. The Morgan fingerprint density at radius 2 is 1.67 bits per heavy atom. The summed E-state index contributed by atoms with van der Waals surface area (Å²) in [6, 6.07) is 1.41. The molecule has 15 heavy (non-hydrogen) atoms. The first-order valence-corrected chi connectivity index (χ1v) is 3.77. The van der Waals surface area contributed by atoms with Crippen molar-refractivity contribution in [1.82, 2.24) is 0 Å². The van der Waals surface area contributed by atoms with E-state index in [1.807, 2.05) is 0 Å². The highest BCUT2D eigenvalue weighted by atomic mass is 19.3. The Bertz CT molecular complexity index is 390. The first kappa shape index (κ1) is 11.2. The predicted molar refractivity (Wildman–Crippen MR) is 43.8 cm³/mol. The molecule has 0 heterocycles. The summed E-state index contributed by atoms with van der Waals surface area (Å²) in [5, 5.41) is 0. The number of carbonyl (C=O) groups excluding carboxylic acids is 2. The van der Waals surface area contributed by atoms with E-state index in [1.165, 1.54) is 0 Å². The van der Waals surface area contributed by atoms with E-state index in [4.69, 9.17) is 0 Å². The topological polar surface area (TPSA) is 43.4 Å². The summed E-state index contributed by atoms with van der Waals surface area (Å²) >= 11 is 0. The van der Waals surface area contributed by atoms with Crippen LogP contribution >= 0.6 is 0 Å². The molecule has 0 unspecified atom stereocenters. The van der Waals surface area contributed by atoms with Crippen LogP contribution in [0.25, 0.3) is 0 Å². The van der Waals surface area contributed by atoms with Crippen LogP contribution in [0.5, 0.6) is 5.75 Å². The van der Waals surface area contributed by atoms with Gasteiger partial charge in [0.05, 0.1) is 0 Å². The monoisotopic (exact) mass is 218 g/mol. The van der Waals surface area contributed by atoms with Crippen molar-refractivity contribution in [3.05, 3.63) is 29.1 Å². The standard InChI is InChI=1S/C9H5F3O3/c10-7-1-5(3-13)6(4-14)2-8(7)15-9(11)12/h1-4,9H. The molecule has 3 nitrogen and oxygen atoms in total. The van der Waals surface area contributed by atoms with Crippen LogP contribution in [0, 0.1) is 5.82 Å². The molecule has 0 spiro atoms. The number of ether oxygens (including phenoxy) is 1. The smallest absolute Gasteiger partial charge is 0.387 e. The lowest BCUT2D eigenvalue weighted by Gasteiger charge is -2.07. The lowest BCUT2D eigenvalue weighted by molar-refractivity contribution is -0.0522. The second kappa shape index (κ2) is 4.59. The van der Waals surface area contributed by atoms with E-state index >= 15 is 0 Å². The molecule has 0 aliphatic carbocycles. The third-order valence-corrected chi connectivity index (χ3v) is 1.61. The Kier molecular flexibility index (Phi) is 3.43. The highest BCUT2D eigenvalue weighted by molar-refractivity contribution is 5.90. The van der Waals surface area contributed by atoms with Crippen molar-refractivity contribution in [2.24, 2.45) is 0 Å². The average Bonchev–Trinajstić information content (AvgIpc) is 2.19. The van der Waals surface area contributed by atoms with E-state index in [-0.39, 0.29) is 23.7 Å². The van der Waals surface area contributed by atoms with Gasteiger partial charge in [-0.15, -0.1) is 0 Å². The summed E-state index contributed by atoms with van der Waals surface area (Å²) in [4.78, 5) is 20.8. The Balaban J connectivity index is 3.19. The number of rotatable bonds is 4. The zero-order valence-corrected chi connectivity index (χ0v) is 7.25. The Hall–Kier alpha value is -1.85. The molecule has 0 N–H and O–H groups in total. The van der Waals surface area contributed by atoms with Crippen molar-refractivity contribution in [3.8, 4) is 5.75 Å². The Labute approximate surface area is 82.5 Å². The third-order valence-electron chi connectivity index (χ3n) is 1.61. The number of hydrogen-bond acceptors (Lipinski definition) is 3. The average molecular weight is 218 g/mol. The summed E-state index contributed by atoms with van der Waals surface area (Å²) in [7, 11) is 0. The van der Waals surface area contributed by atoms with Crippen molar-refractivity contribution in [2.75, 3.05) is 0 Å². The van der Waals surface area contributed by atoms with Crippen LogP contribution in [0.4, 0.5) is 13.2 Å². The molecule has 0 bridgehead atoms. The fraction of sp³-hybridized carbons (Fsp3) is 0.111. The van der Waals surface area contributed by atoms with Crippen LogP contribution in [-0.2, 0) is 0 Å². The molecule has 0 atom stereocenters. The highest BCUT2D eigenvalue weighted by Gasteiger charge is 2.13. The number of carbonyl (C=O) groups is 2. The number of benzene rings is 1. The van der Waals surface area contributed by atoms with Crippen LogP contribution in [0.3, 0.4) is 0 Å². The summed E-state index contributed by atoms with van der Waals surface area (Å²) in [6.07, 6.45) is 0.500. The minimum Gasteiger partial charge on any atom is -0.432 e. The van der Waals surface area contributed by atoms with Crippen LogP contribution in [0.15, 0.2) is 12.1 Å². The van der Waals surface area contributed by atoms with Crippen LogP contribution in [0.1, 0.15) is 20.7 Å². The summed E-state index contributed by atoms with van der Waals surface area (Å²) in [5.74, 6) is -1.89. The van der Waals surface area contributed by atoms with Crippen molar-refractivity contribution in [3.63, 3.8) is 0 Å². The van der Waals surface area contributed by atoms with E-state index < -0.39 is 18.2 Å². The zero-order chi connectivity index (χ0) is 11.4. The minimum absolute atomic E-state index is 0.206. The molecule has 1 aromatic carbocycles. The van der Waals surface area contributed by atoms with Gasteiger partial charge in [0.2, 0.25) is 0 Å². The van der Waals surface area contributed by atoms with Crippen molar-refractivity contribution in [1.29, 1.82) is 0 Å². The van der Waals surface area contributed by atoms with Gasteiger partial charge < -0.3 is 4.74 Å². The SMILES string of the molecule is O=Cc1cc(F)c(OC(F)F)cc1C=O. The largest absolute Gasteiger partial charge is 0.432 e. The fourth-order valence-corrected chi connectivity index (χ4v) is 0.975. The summed E-state index contributed by atoms with van der Waals surface area (Å²) in [5.41, 5.74) is -0.425. The molecular formula is C9H5F3O3. The zero-order valence-electron chi connectivity index (χ0n) is 7.25. The van der Waals surface area contributed by atoms with Gasteiger partial charge in [0.25, 0.3) is 0 Å². The summed E-state index contributed by atoms with van der Waals surface area (Å²) < 4.78 is 40.3. The van der Waals surface area contributed by atoms with Crippen molar-refractivity contribution < 1.29 is 27.5 Å². The lowest BCUT2D eigenvalue weighted by Crippen LogP contribution is -2.05. The molecule has 0 radical (unpaired) electrons. The van der Waals surface area contributed by atoms with Gasteiger partial charge in [0.1, 0.15) is 0 Å². The molecule has 0 saturated heterocycles. The maximum absolute atomic E-state index is 13.0. The fourth-order valence-electron chi connectivity index (χ4n) is 0.975. The summed E-state index contributed by atoms with van der Waals surface area (Å²) in [6.45, 7) is -3.19. The first-order valence-electron chi connectivity index (χ1n) is 3.77. The van der Waals surface area contributed by atoms with Crippen molar-refractivity contribution >= 4 is 12.6 Å². The quantitative estimate of drug-likeness (QED) is 0.726.